The van der Waals surface area contributed by atoms with Crippen molar-refractivity contribution in [1.29, 1.82) is 0 Å². The molecule has 3 rings (SSSR count). The second-order valence-corrected chi connectivity index (χ2v) is 9.11. The second-order valence-electron chi connectivity index (χ2n) is 5.90. The summed E-state index contributed by atoms with van der Waals surface area (Å²) in [4.78, 5) is 0.189. The van der Waals surface area contributed by atoms with Crippen LogP contribution in [0.15, 0.2) is 71.0 Å². The zero-order chi connectivity index (χ0) is 19.3. The number of nitrogens with zero attached hydrogens (tertiary/aromatic N) is 3. The van der Waals surface area contributed by atoms with Gasteiger partial charge >= 0.3 is 0 Å². The van der Waals surface area contributed by atoms with Crippen molar-refractivity contribution in [3.63, 3.8) is 0 Å². The Labute approximate surface area is 168 Å². The minimum Gasteiger partial charge on any atom is -0.312 e. The van der Waals surface area contributed by atoms with E-state index in [0.717, 1.165) is 10.7 Å². The van der Waals surface area contributed by atoms with Crippen molar-refractivity contribution < 1.29 is 8.42 Å². The van der Waals surface area contributed by atoms with Crippen LogP contribution in [0, 0.1) is 0 Å². The molecule has 0 aliphatic heterocycles. The highest BCUT2D eigenvalue weighted by Crippen LogP contribution is 2.25. The highest BCUT2D eigenvalue weighted by Gasteiger charge is 2.21. The lowest BCUT2D eigenvalue weighted by Crippen LogP contribution is -2.29. The number of aromatic nitrogens is 3. The molecule has 0 amide bonds. The number of hydrogen-bond donors (Lipinski definition) is 1. The Balaban J connectivity index is 1.75. The molecule has 0 radical (unpaired) electrons. The van der Waals surface area contributed by atoms with Gasteiger partial charge in [-0.05, 0) is 36.2 Å². The fourth-order valence-corrected chi connectivity index (χ4v) is 4.80. The van der Waals surface area contributed by atoms with Crippen LogP contribution in [0.4, 0.5) is 0 Å². The van der Waals surface area contributed by atoms with E-state index in [-0.39, 0.29) is 10.9 Å². The summed E-state index contributed by atoms with van der Waals surface area (Å²) < 4.78 is 30.2. The molecular weight excluding hydrogens is 404 g/mol. The summed E-state index contributed by atoms with van der Waals surface area (Å²) in [5, 5.41) is 9.18. The smallest absolute Gasteiger partial charge is 0.241 e. The quantitative estimate of drug-likeness (QED) is 0.560. The van der Waals surface area contributed by atoms with Crippen molar-refractivity contribution in [3.05, 3.63) is 71.5 Å². The number of rotatable bonds is 8. The molecule has 0 fully saturated rings. The molecule has 0 aliphatic rings. The molecule has 27 heavy (non-hydrogen) atoms. The van der Waals surface area contributed by atoms with E-state index >= 15 is 0 Å². The van der Waals surface area contributed by atoms with Crippen LogP contribution in [0.2, 0.25) is 5.02 Å². The molecule has 0 spiro atoms. The van der Waals surface area contributed by atoms with Crippen molar-refractivity contribution in [2.75, 3.05) is 5.75 Å². The number of thioether (sulfide) groups is 1. The summed E-state index contributed by atoms with van der Waals surface area (Å²) in [6.07, 6.45) is 2.24. The third-order valence-corrected chi connectivity index (χ3v) is 6.74. The van der Waals surface area contributed by atoms with Crippen molar-refractivity contribution in [2.45, 2.75) is 22.5 Å². The standard InChI is InChI=1S/C18H19ClN4O2S2/c1-23-13-20-21-18(23)26-12-11-17(14-5-3-2-4-6-14)22-27(24,25)16-9-7-15(19)8-10-16/h2-10,13,17,22H,11-12H2,1H3/t17-/m0/s1. The molecule has 0 bridgehead atoms. The number of hydrogen-bond acceptors (Lipinski definition) is 5. The van der Waals surface area contributed by atoms with Crippen LogP contribution >= 0.6 is 23.4 Å². The van der Waals surface area contributed by atoms with Gasteiger partial charge in [-0.1, -0.05) is 53.7 Å². The summed E-state index contributed by atoms with van der Waals surface area (Å²) in [5.41, 5.74) is 0.911. The molecule has 0 aliphatic carbocycles. The van der Waals surface area contributed by atoms with Crippen molar-refractivity contribution in [3.8, 4) is 0 Å². The van der Waals surface area contributed by atoms with E-state index in [0.29, 0.717) is 17.2 Å². The number of aryl methyl sites for hydroxylation is 1. The molecule has 3 aromatic rings. The highest BCUT2D eigenvalue weighted by atomic mass is 35.5. The minimum atomic E-state index is -3.67. The number of halogens is 1. The van der Waals surface area contributed by atoms with E-state index in [1.54, 1.807) is 18.5 Å². The first-order valence-electron chi connectivity index (χ1n) is 8.25. The molecule has 142 valence electrons. The van der Waals surface area contributed by atoms with Crippen molar-refractivity contribution in [2.24, 2.45) is 7.05 Å². The molecule has 1 N–H and O–H groups in total. The van der Waals surface area contributed by atoms with E-state index in [1.165, 1.54) is 23.9 Å². The average Bonchev–Trinajstić information content (AvgIpc) is 3.07. The largest absolute Gasteiger partial charge is 0.312 e. The number of benzene rings is 2. The van der Waals surface area contributed by atoms with Crippen molar-refractivity contribution in [1.82, 2.24) is 19.5 Å². The predicted octanol–water partition coefficient (Wildman–Crippen LogP) is 3.67. The highest BCUT2D eigenvalue weighted by molar-refractivity contribution is 7.99. The molecule has 1 heterocycles. The summed E-state index contributed by atoms with van der Waals surface area (Å²) in [5.74, 6) is 0.690. The normalized spacial score (nSPS) is 12.8. The van der Waals surface area contributed by atoms with Gasteiger partial charge in [0.2, 0.25) is 10.0 Å². The molecule has 0 saturated heterocycles. The Hall–Kier alpha value is -1.87. The molecule has 9 heteroatoms. The van der Waals surface area contributed by atoms with E-state index in [2.05, 4.69) is 14.9 Å². The Morgan fingerprint density at radius 2 is 1.85 bits per heavy atom. The summed E-state index contributed by atoms with van der Waals surface area (Å²) in [6.45, 7) is 0. The van der Waals surface area contributed by atoms with Gasteiger partial charge < -0.3 is 4.57 Å². The maximum Gasteiger partial charge on any atom is 0.241 e. The maximum atomic E-state index is 12.8. The van der Waals surface area contributed by atoms with Gasteiger partial charge in [-0.25, -0.2) is 13.1 Å². The van der Waals surface area contributed by atoms with Crippen molar-refractivity contribution >= 4 is 33.4 Å². The van der Waals surface area contributed by atoms with Gasteiger partial charge in [0.15, 0.2) is 5.16 Å². The fraction of sp³-hybridized carbons (Fsp3) is 0.222. The van der Waals surface area contributed by atoms with Gasteiger partial charge in [0.25, 0.3) is 0 Å². The van der Waals surface area contributed by atoms with E-state index in [1.807, 2.05) is 41.9 Å². The Morgan fingerprint density at radius 3 is 2.48 bits per heavy atom. The predicted molar refractivity (Wildman–Crippen MR) is 107 cm³/mol. The first kappa shape index (κ1) is 19.9. The molecule has 2 aromatic carbocycles. The lowest BCUT2D eigenvalue weighted by molar-refractivity contribution is 0.551. The molecule has 6 nitrogen and oxygen atoms in total. The van der Waals surface area contributed by atoms with Gasteiger partial charge in [-0.2, -0.15) is 0 Å². The molecule has 1 atom stereocenters. The SMILES string of the molecule is Cn1cnnc1SCC[C@H](NS(=O)(=O)c1ccc(Cl)cc1)c1ccccc1. The van der Waals surface area contributed by atoms with Gasteiger partial charge in [-0.3, -0.25) is 0 Å². The summed E-state index contributed by atoms with van der Waals surface area (Å²) in [6, 6.07) is 15.3. The lowest BCUT2D eigenvalue weighted by atomic mass is 10.1. The zero-order valence-corrected chi connectivity index (χ0v) is 17.0. The minimum absolute atomic E-state index is 0.189. The van der Waals surface area contributed by atoms with Crippen LogP contribution in [0.5, 0.6) is 0 Å². The van der Waals surface area contributed by atoms with Gasteiger partial charge in [-0.15, -0.1) is 10.2 Å². The van der Waals surface area contributed by atoms with Crippen LogP contribution in [-0.4, -0.2) is 28.9 Å². The van der Waals surface area contributed by atoms with Gasteiger partial charge in [0, 0.05) is 23.9 Å². The zero-order valence-electron chi connectivity index (χ0n) is 14.6. The first-order valence-corrected chi connectivity index (χ1v) is 11.1. The second kappa shape index (κ2) is 8.88. The van der Waals surface area contributed by atoms with Crippen LogP contribution in [0.1, 0.15) is 18.0 Å². The monoisotopic (exact) mass is 422 g/mol. The first-order chi connectivity index (χ1) is 13.0. The lowest BCUT2D eigenvalue weighted by Gasteiger charge is -2.19. The fourth-order valence-electron chi connectivity index (χ4n) is 2.52. The van der Waals surface area contributed by atoms with E-state index < -0.39 is 10.0 Å². The summed E-state index contributed by atoms with van der Waals surface area (Å²) >= 11 is 7.40. The topological polar surface area (TPSA) is 76.9 Å². The van der Waals surface area contributed by atoms with Gasteiger partial charge in [0.05, 0.1) is 4.90 Å². The van der Waals surface area contributed by atoms with Crippen LogP contribution in [0.3, 0.4) is 0 Å². The summed E-state index contributed by atoms with van der Waals surface area (Å²) in [7, 11) is -1.79. The third kappa shape index (κ3) is 5.32. The number of nitrogens with one attached hydrogen (secondary N) is 1. The van der Waals surface area contributed by atoms with Crippen LogP contribution < -0.4 is 4.72 Å². The molecule has 0 unspecified atom stereocenters. The maximum absolute atomic E-state index is 12.8. The average molecular weight is 423 g/mol. The van der Waals surface area contributed by atoms with E-state index in [4.69, 9.17) is 11.6 Å². The number of sulfonamides is 1. The Morgan fingerprint density at radius 1 is 1.15 bits per heavy atom. The Kier molecular flexibility index (Phi) is 6.54. The Bertz CT molecular complexity index is 976. The molecule has 1 aromatic heterocycles. The van der Waals surface area contributed by atoms with Crippen LogP contribution in [-0.2, 0) is 17.1 Å². The van der Waals surface area contributed by atoms with Crippen LogP contribution in [0.25, 0.3) is 0 Å². The van der Waals surface area contributed by atoms with Gasteiger partial charge in [0.1, 0.15) is 6.33 Å². The van der Waals surface area contributed by atoms with E-state index in [9.17, 15) is 8.42 Å². The third-order valence-electron chi connectivity index (χ3n) is 3.93. The molecular formula is C18H19ClN4O2S2. The molecule has 0 saturated carbocycles.